The van der Waals surface area contributed by atoms with Crippen LogP contribution >= 0.6 is 0 Å². The molecule has 0 atom stereocenters. The molecule has 1 aliphatic rings. The lowest BCUT2D eigenvalue weighted by molar-refractivity contribution is 0.111. The summed E-state index contributed by atoms with van der Waals surface area (Å²) < 4.78 is 23.5. The molecule has 0 aliphatic carbocycles. The summed E-state index contributed by atoms with van der Waals surface area (Å²) in [6, 6.07) is 5.01. The molecule has 0 fully saturated rings. The van der Waals surface area contributed by atoms with Crippen LogP contribution in [0.2, 0.25) is 0 Å². The second kappa shape index (κ2) is 8.78. The zero-order valence-electron chi connectivity index (χ0n) is 18.5. The Morgan fingerprint density at radius 3 is 2.84 bits per heavy atom. The lowest BCUT2D eigenvalue weighted by atomic mass is 10.0. The first-order valence-electron chi connectivity index (χ1n) is 10.6. The number of carbonyl (C=O) groups excluding carboxylic acids is 1. The van der Waals surface area contributed by atoms with Crippen molar-refractivity contribution in [3.63, 3.8) is 0 Å². The molecule has 1 aliphatic heterocycles. The fourth-order valence-corrected chi connectivity index (χ4v) is 3.90. The van der Waals surface area contributed by atoms with E-state index in [0.717, 1.165) is 28.3 Å². The number of nitrogens with zero attached hydrogens (tertiary/aromatic N) is 5. The zero-order chi connectivity index (χ0) is 22.8. The van der Waals surface area contributed by atoms with Crippen LogP contribution in [0.4, 0.5) is 10.3 Å². The molecule has 32 heavy (non-hydrogen) atoms. The van der Waals surface area contributed by atoms with Crippen LogP contribution in [0.3, 0.4) is 0 Å². The number of nitrogens with one attached hydrogen (secondary N) is 1. The molecule has 5 rings (SSSR count). The van der Waals surface area contributed by atoms with Crippen LogP contribution in [-0.2, 0) is 20.0 Å². The van der Waals surface area contributed by atoms with Crippen LogP contribution < -0.4 is 10.1 Å². The molecule has 166 valence electrons. The molecule has 0 amide bonds. The van der Waals surface area contributed by atoms with Gasteiger partial charge in [0.05, 0.1) is 23.6 Å². The second-order valence-electron chi connectivity index (χ2n) is 7.22. The summed E-state index contributed by atoms with van der Waals surface area (Å²) >= 11 is 0. The Kier molecular flexibility index (Phi) is 5.89. The highest BCUT2D eigenvalue weighted by atomic mass is 19.1. The minimum absolute atomic E-state index is 0.235. The Morgan fingerprint density at radius 2 is 2.12 bits per heavy atom. The van der Waals surface area contributed by atoms with E-state index in [9.17, 15) is 9.18 Å². The molecule has 0 unspecified atom stereocenters. The van der Waals surface area contributed by atoms with Crippen molar-refractivity contribution in [3.8, 4) is 17.0 Å². The molecule has 4 heterocycles. The van der Waals surface area contributed by atoms with Crippen LogP contribution in [0.5, 0.6) is 5.75 Å². The van der Waals surface area contributed by atoms with Crippen LogP contribution in [0, 0.1) is 12.7 Å². The zero-order valence-corrected chi connectivity index (χ0v) is 18.5. The quantitative estimate of drug-likeness (QED) is 0.477. The Bertz CT molecular complexity index is 1290. The summed E-state index contributed by atoms with van der Waals surface area (Å²) in [6.45, 7) is 6.69. The summed E-state index contributed by atoms with van der Waals surface area (Å²) in [4.78, 5) is 20.3. The number of imidazole rings is 1. The smallest absolute Gasteiger partial charge is 0.208 e. The predicted molar refractivity (Wildman–Crippen MR) is 120 cm³/mol. The van der Waals surface area contributed by atoms with Crippen LogP contribution in [-0.4, -0.2) is 37.0 Å². The largest absolute Gasteiger partial charge is 0.493 e. The molecule has 0 bridgehead atoms. The Labute approximate surface area is 185 Å². The molecule has 0 saturated carbocycles. The minimum atomic E-state index is -0.288. The number of benzene rings is 1. The van der Waals surface area contributed by atoms with E-state index in [0.29, 0.717) is 36.5 Å². The van der Waals surface area contributed by atoms with Gasteiger partial charge < -0.3 is 10.1 Å². The first-order chi connectivity index (χ1) is 15.5. The van der Waals surface area contributed by atoms with Gasteiger partial charge in [-0.3, -0.25) is 13.9 Å². The Morgan fingerprint density at radius 1 is 1.31 bits per heavy atom. The maximum atomic E-state index is 14.5. The second-order valence-corrected chi connectivity index (χ2v) is 7.22. The van der Waals surface area contributed by atoms with Gasteiger partial charge in [0.25, 0.3) is 0 Å². The Hall–Kier alpha value is -3.75. The van der Waals surface area contributed by atoms with Crippen molar-refractivity contribution in [1.29, 1.82) is 0 Å². The number of fused-ring (bicyclic) bond motifs is 2. The highest BCUT2D eigenvalue weighted by molar-refractivity contribution is 5.80. The van der Waals surface area contributed by atoms with Gasteiger partial charge in [0.1, 0.15) is 17.3 Å². The van der Waals surface area contributed by atoms with Gasteiger partial charge >= 0.3 is 0 Å². The number of rotatable bonds is 5. The normalized spacial score (nSPS) is 12.2. The van der Waals surface area contributed by atoms with E-state index in [4.69, 9.17) is 4.74 Å². The molecule has 0 radical (unpaired) electrons. The molecular formula is C23H25FN6O2. The van der Waals surface area contributed by atoms with Crippen molar-refractivity contribution in [2.45, 2.75) is 33.7 Å². The van der Waals surface area contributed by atoms with E-state index in [-0.39, 0.29) is 18.1 Å². The first kappa shape index (κ1) is 21.5. The molecule has 0 saturated heterocycles. The molecule has 1 aromatic carbocycles. The number of aryl methyl sites for hydroxylation is 2. The van der Waals surface area contributed by atoms with Gasteiger partial charge in [0.15, 0.2) is 11.9 Å². The van der Waals surface area contributed by atoms with Gasteiger partial charge in [0.2, 0.25) is 5.95 Å². The highest BCUT2D eigenvalue weighted by Crippen LogP contribution is 2.31. The third kappa shape index (κ3) is 3.70. The lowest BCUT2D eigenvalue weighted by Crippen LogP contribution is -2.10. The van der Waals surface area contributed by atoms with Crippen LogP contribution in [0.15, 0.2) is 30.6 Å². The van der Waals surface area contributed by atoms with Crippen LogP contribution in [0.25, 0.3) is 16.9 Å². The first-order valence-corrected chi connectivity index (χ1v) is 10.6. The average molecular weight is 436 g/mol. The van der Waals surface area contributed by atoms with Crippen molar-refractivity contribution in [1.82, 2.24) is 24.1 Å². The van der Waals surface area contributed by atoms with Gasteiger partial charge in [-0.25, -0.2) is 14.4 Å². The predicted octanol–water partition coefficient (Wildman–Crippen LogP) is 3.96. The number of anilines is 1. The van der Waals surface area contributed by atoms with E-state index >= 15 is 0 Å². The van der Waals surface area contributed by atoms with Gasteiger partial charge in [0, 0.05) is 43.5 Å². The summed E-state index contributed by atoms with van der Waals surface area (Å²) in [5.74, 6) is 0.896. The van der Waals surface area contributed by atoms with Gasteiger partial charge in [-0.05, 0) is 25.1 Å². The summed E-state index contributed by atoms with van der Waals surface area (Å²) in [5.41, 5.74) is 4.74. The number of hydrogen-bond donors (Lipinski definition) is 1. The van der Waals surface area contributed by atoms with E-state index in [1.54, 1.807) is 27.5 Å². The van der Waals surface area contributed by atoms with Gasteiger partial charge in [-0.15, -0.1) is 0 Å². The van der Waals surface area contributed by atoms with E-state index in [1.165, 1.54) is 6.07 Å². The van der Waals surface area contributed by atoms with Crippen molar-refractivity contribution >= 4 is 17.9 Å². The van der Waals surface area contributed by atoms with Crippen molar-refractivity contribution < 1.29 is 13.9 Å². The summed E-state index contributed by atoms with van der Waals surface area (Å²) in [5, 5.41) is 7.56. The standard InChI is InChI=1S/C21H19FN6O2.C2H6/c1-12-7-18(27(2)26-12)16-9-24-21(28-10-13(11-29)25-20(16)28)23-8-15-14-5-6-30-19(14)4-3-17(15)22;1-2/h3-4,7,9-11H,5-6,8H2,1-2H3,(H,23,24);1-2H3. The SMILES string of the molecule is CC.Cc1cc(-c2cnc(NCc3c(F)ccc4c3CCO4)n3cc(C=O)nc23)n(C)n1. The fraction of sp³-hybridized carbons (Fsp3) is 0.304. The topological polar surface area (TPSA) is 86.3 Å². The molecule has 4 aromatic rings. The fourth-order valence-electron chi connectivity index (χ4n) is 3.90. The van der Waals surface area contributed by atoms with Crippen LogP contribution in [0.1, 0.15) is 41.2 Å². The van der Waals surface area contributed by atoms with E-state index in [1.807, 2.05) is 33.9 Å². The minimum Gasteiger partial charge on any atom is -0.493 e. The third-order valence-electron chi connectivity index (χ3n) is 5.27. The average Bonchev–Trinajstić information content (AvgIpc) is 3.52. The number of ether oxygens (including phenoxy) is 1. The molecule has 0 spiro atoms. The lowest BCUT2D eigenvalue weighted by Gasteiger charge is -2.13. The number of aldehydes is 1. The van der Waals surface area contributed by atoms with Crippen molar-refractivity contribution in [3.05, 3.63) is 58.9 Å². The number of carbonyl (C=O) groups is 1. The summed E-state index contributed by atoms with van der Waals surface area (Å²) in [6.07, 6.45) is 4.66. The van der Waals surface area contributed by atoms with Gasteiger partial charge in [-0.2, -0.15) is 5.10 Å². The summed E-state index contributed by atoms with van der Waals surface area (Å²) in [7, 11) is 1.84. The van der Waals surface area contributed by atoms with Gasteiger partial charge in [-0.1, -0.05) is 13.8 Å². The molecular weight excluding hydrogens is 411 g/mol. The van der Waals surface area contributed by atoms with Crippen molar-refractivity contribution in [2.24, 2.45) is 7.05 Å². The molecule has 9 heteroatoms. The number of aromatic nitrogens is 5. The maximum absolute atomic E-state index is 14.5. The molecule has 8 nitrogen and oxygen atoms in total. The monoisotopic (exact) mass is 436 g/mol. The highest BCUT2D eigenvalue weighted by Gasteiger charge is 2.20. The number of hydrogen-bond acceptors (Lipinski definition) is 6. The van der Waals surface area contributed by atoms with Crippen molar-refractivity contribution in [2.75, 3.05) is 11.9 Å². The maximum Gasteiger partial charge on any atom is 0.208 e. The Balaban J connectivity index is 0.00000119. The van der Waals surface area contributed by atoms with E-state index < -0.39 is 0 Å². The third-order valence-corrected chi connectivity index (χ3v) is 5.27. The molecule has 3 aromatic heterocycles. The molecule has 1 N–H and O–H groups in total. The van der Waals surface area contributed by atoms with E-state index in [2.05, 4.69) is 20.4 Å². The number of halogens is 1.